The van der Waals surface area contributed by atoms with Gasteiger partial charge < -0.3 is 5.32 Å². The summed E-state index contributed by atoms with van der Waals surface area (Å²) in [6.07, 6.45) is 1.97. The standard InChI is InChI=1S/C13H19F2N/c1-4-11(5-2)16-9(3)12-8-10(14)6-7-13(12)15/h6-9,11,16H,4-5H2,1-3H3. The van der Waals surface area contributed by atoms with Crippen LogP contribution >= 0.6 is 0 Å². The number of benzene rings is 1. The Morgan fingerprint density at radius 1 is 1.19 bits per heavy atom. The minimum Gasteiger partial charge on any atom is -0.307 e. The number of hydrogen-bond acceptors (Lipinski definition) is 1. The Kier molecular flexibility index (Phi) is 4.87. The van der Waals surface area contributed by atoms with Gasteiger partial charge in [0.25, 0.3) is 0 Å². The fraction of sp³-hybridized carbons (Fsp3) is 0.538. The lowest BCUT2D eigenvalue weighted by atomic mass is 10.0. The largest absolute Gasteiger partial charge is 0.307 e. The molecule has 3 heteroatoms. The summed E-state index contributed by atoms with van der Waals surface area (Å²) < 4.78 is 26.5. The molecule has 1 aromatic rings. The Morgan fingerprint density at radius 3 is 2.38 bits per heavy atom. The van der Waals surface area contributed by atoms with Gasteiger partial charge in [-0.2, -0.15) is 0 Å². The van der Waals surface area contributed by atoms with Crippen LogP contribution in [0.25, 0.3) is 0 Å². The summed E-state index contributed by atoms with van der Waals surface area (Å²) in [5.74, 6) is -0.748. The first-order valence-electron chi connectivity index (χ1n) is 5.79. The summed E-state index contributed by atoms with van der Waals surface area (Å²) in [4.78, 5) is 0. The second-order valence-electron chi connectivity index (χ2n) is 4.07. The fourth-order valence-corrected chi connectivity index (χ4v) is 1.81. The maximum absolute atomic E-state index is 13.5. The van der Waals surface area contributed by atoms with Gasteiger partial charge in [-0.05, 0) is 38.0 Å². The average molecular weight is 227 g/mol. The zero-order valence-electron chi connectivity index (χ0n) is 10.1. The molecule has 0 aliphatic rings. The topological polar surface area (TPSA) is 12.0 Å². The van der Waals surface area contributed by atoms with Crippen LogP contribution in [-0.2, 0) is 0 Å². The highest BCUT2D eigenvalue weighted by molar-refractivity contribution is 5.21. The first-order valence-corrected chi connectivity index (χ1v) is 5.79. The quantitative estimate of drug-likeness (QED) is 0.806. The lowest BCUT2D eigenvalue weighted by molar-refractivity contribution is 0.420. The van der Waals surface area contributed by atoms with E-state index in [1.165, 1.54) is 12.1 Å². The molecule has 0 bridgehead atoms. The molecular formula is C13H19F2N. The van der Waals surface area contributed by atoms with E-state index in [2.05, 4.69) is 19.2 Å². The summed E-state index contributed by atoms with van der Waals surface area (Å²) in [7, 11) is 0. The molecule has 0 fully saturated rings. The third kappa shape index (κ3) is 3.27. The van der Waals surface area contributed by atoms with E-state index < -0.39 is 5.82 Å². The molecule has 0 amide bonds. The van der Waals surface area contributed by atoms with Crippen molar-refractivity contribution < 1.29 is 8.78 Å². The van der Waals surface area contributed by atoms with Crippen molar-refractivity contribution in [1.82, 2.24) is 5.32 Å². The van der Waals surface area contributed by atoms with Crippen LogP contribution < -0.4 is 5.32 Å². The summed E-state index contributed by atoms with van der Waals surface area (Å²) in [6, 6.07) is 3.76. The summed E-state index contributed by atoms with van der Waals surface area (Å²) in [5, 5.41) is 3.29. The molecule has 1 N–H and O–H groups in total. The molecule has 0 aromatic heterocycles. The monoisotopic (exact) mass is 227 g/mol. The zero-order chi connectivity index (χ0) is 12.1. The minimum absolute atomic E-state index is 0.166. The zero-order valence-corrected chi connectivity index (χ0v) is 10.1. The van der Waals surface area contributed by atoms with Crippen LogP contribution in [0.15, 0.2) is 18.2 Å². The van der Waals surface area contributed by atoms with Gasteiger partial charge in [-0.15, -0.1) is 0 Å². The van der Waals surface area contributed by atoms with Crippen molar-refractivity contribution >= 4 is 0 Å². The molecule has 1 aromatic carbocycles. The van der Waals surface area contributed by atoms with E-state index in [9.17, 15) is 8.78 Å². The summed E-state index contributed by atoms with van der Waals surface area (Å²) >= 11 is 0. The fourth-order valence-electron chi connectivity index (χ4n) is 1.81. The van der Waals surface area contributed by atoms with Crippen molar-refractivity contribution in [3.63, 3.8) is 0 Å². The van der Waals surface area contributed by atoms with Gasteiger partial charge in [-0.1, -0.05) is 13.8 Å². The molecule has 0 spiro atoms. The van der Waals surface area contributed by atoms with Gasteiger partial charge in [0.1, 0.15) is 11.6 Å². The van der Waals surface area contributed by atoms with Crippen LogP contribution in [0.2, 0.25) is 0 Å². The molecule has 0 heterocycles. The summed E-state index contributed by atoms with van der Waals surface area (Å²) in [6.45, 7) is 6.02. The lowest BCUT2D eigenvalue weighted by Crippen LogP contribution is -2.30. The van der Waals surface area contributed by atoms with Gasteiger partial charge in [0.2, 0.25) is 0 Å². The van der Waals surface area contributed by atoms with Crippen LogP contribution in [-0.4, -0.2) is 6.04 Å². The Hall–Kier alpha value is -0.960. The molecule has 1 rings (SSSR count). The van der Waals surface area contributed by atoms with Crippen molar-refractivity contribution in [2.24, 2.45) is 0 Å². The number of rotatable bonds is 5. The molecule has 0 aliphatic carbocycles. The lowest BCUT2D eigenvalue weighted by Gasteiger charge is -2.21. The highest BCUT2D eigenvalue weighted by Crippen LogP contribution is 2.19. The molecular weight excluding hydrogens is 208 g/mol. The van der Waals surface area contributed by atoms with Crippen molar-refractivity contribution in [3.05, 3.63) is 35.4 Å². The molecule has 1 atom stereocenters. The molecule has 90 valence electrons. The predicted molar refractivity (Wildman–Crippen MR) is 62.3 cm³/mol. The summed E-state index contributed by atoms with van der Waals surface area (Å²) in [5.41, 5.74) is 0.395. The second-order valence-corrected chi connectivity index (χ2v) is 4.07. The van der Waals surface area contributed by atoms with E-state index >= 15 is 0 Å². The molecule has 0 saturated carbocycles. The van der Waals surface area contributed by atoms with Crippen LogP contribution in [0.4, 0.5) is 8.78 Å². The normalized spacial score (nSPS) is 13.1. The van der Waals surface area contributed by atoms with E-state index in [0.29, 0.717) is 11.6 Å². The Bertz CT molecular complexity index is 335. The predicted octanol–water partition coefficient (Wildman–Crippen LogP) is 3.80. The maximum atomic E-state index is 13.5. The maximum Gasteiger partial charge on any atom is 0.128 e. The highest BCUT2D eigenvalue weighted by atomic mass is 19.1. The smallest absolute Gasteiger partial charge is 0.128 e. The van der Waals surface area contributed by atoms with Gasteiger partial charge >= 0.3 is 0 Å². The van der Waals surface area contributed by atoms with Crippen LogP contribution in [0.3, 0.4) is 0 Å². The van der Waals surface area contributed by atoms with Gasteiger partial charge in [-0.25, -0.2) is 8.78 Å². The molecule has 1 unspecified atom stereocenters. The molecule has 0 saturated heterocycles. The van der Waals surface area contributed by atoms with Crippen molar-refractivity contribution in [1.29, 1.82) is 0 Å². The van der Waals surface area contributed by atoms with E-state index in [0.717, 1.165) is 18.9 Å². The third-order valence-corrected chi connectivity index (χ3v) is 2.90. The van der Waals surface area contributed by atoms with Crippen molar-refractivity contribution in [2.75, 3.05) is 0 Å². The van der Waals surface area contributed by atoms with Crippen LogP contribution in [0.5, 0.6) is 0 Å². The van der Waals surface area contributed by atoms with E-state index in [-0.39, 0.29) is 11.9 Å². The Balaban J connectivity index is 2.79. The van der Waals surface area contributed by atoms with Gasteiger partial charge in [0.15, 0.2) is 0 Å². The van der Waals surface area contributed by atoms with Gasteiger partial charge in [-0.3, -0.25) is 0 Å². The first kappa shape index (κ1) is 13.1. The van der Waals surface area contributed by atoms with E-state index in [1.807, 2.05) is 6.92 Å². The second kappa shape index (κ2) is 5.94. The van der Waals surface area contributed by atoms with Crippen molar-refractivity contribution in [3.8, 4) is 0 Å². The molecule has 0 aliphatic heterocycles. The van der Waals surface area contributed by atoms with E-state index in [4.69, 9.17) is 0 Å². The minimum atomic E-state index is -0.394. The molecule has 0 radical (unpaired) electrons. The number of nitrogens with one attached hydrogen (secondary N) is 1. The van der Waals surface area contributed by atoms with Crippen molar-refractivity contribution in [2.45, 2.75) is 45.7 Å². The van der Waals surface area contributed by atoms with Gasteiger partial charge in [0.05, 0.1) is 0 Å². The third-order valence-electron chi connectivity index (χ3n) is 2.90. The molecule has 16 heavy (non-hydrogen) atoms. The number of halogens is 2. The SMILES string of the molecule is CCC(CC)NC(C)c1cc(F)ccc1F. The average Bonchev–Trinajstić information content (AvgIpc) is 2.28. The van der Waals surface area contributed by atoms with Gasteiger partial charge in [0, 0.05) is 17.6 Å². The van der Waals surface area contributed by atoms with E-state index in [1.54, 1.807) is 0 Å². The number of hydrogen-bond donors (Lipinski definition) is 1. The highest BCUT2D eigenvalue weighted by Gasteiger charge is 2.14. The Labute approximate surface area is 95.9 Å². The van der Waals surface area contributed by atoms with Crippen LogP contribution in [0.1, 0.15) is 45.2 Å². The van der Waals surface area contributed by atoms with Crippen LogP contribution in [0, 0.1) is 11.6 Å². The Morgan fingerprint density at radius 2 is 1.81 bits per heavy atom. The first-order chi connectivity index (χ1) is 7.58. The molecule has 1 nitrogen and oxygen atoms in total.